The van der Waals surface area contributed by atoms with Gasteiger partial charge in [-0.2, -0.15) is 0 Å². The number of nitrogens with one attached hydrogen (secondary N) is 1. The summed E-state index contributed by atoms with van der Waals surface area (Å²) in [5.74, 6) is 1.23. The molecular weight excluding hydrogens is 356 g/mol. The van der Waals surface area contributed by atoms with E-state index in [4.69, 9.17) is 9.47 Å². The Morgan fingerprint density at radius 1 is 1.14 bits per heavy atom. The lowest BCUT2D eigenvalue weighted by Gasteiger charge is -2.24. The Labute approximate surface area is 167 Å². The fourth-order valence-electron chi connectivity index (χ4n) is 2.95. The van der Waals surface area contributed by atoms with E-state index in [1.54, 1.807) is 19.2 Å². The standard InChI is InChI=1S/C22H30N2O4/c1-4-13-24(14-18(25)16-28-20-11-7-5-9-17(20)2)15-22(26)23-19-10-6-8-12-21(19)27-3/h5-12,18,25H,4,13-16H2,1-3H3,(H,23,26). The minimum Gasteiger partial charge on any atom is -0.495 e. The van der Waals surface area contributed by atoms with Crippen molar-refractivity contribution in [3.63, 3.8) is 0 Å². The molecule has 1 amide bonds. The first-order valence-corrected chi connectivity index (χ1v) is 9.55. The Kier molecular flexibility index (Phi) is 8.78. The average Bonchev–Trinajstić information content (AvgIpc) is 2.68. The van der Waals surface area contributed by atoms with Gasteiger partial charge in [-0.15, -0.1) is 0 Å². The summed E-state index contributed by atoms with van der Waals surface area (Å²) in [6.45, 7) is 5.45. The highest BCUT2D eigenvalue weighted by Crippen LogP contribution is 2.23. The molecule has 0 aliphatic rings. The second kappa shape index (κ2) is 11.3. The van der Waals surface area contributed by atoms with Gasteiger partial charge in [-0.05, 0) is 43.7 Å². The van der Waals surface area contributed by atoms with Gasteiger partial charge in [-0.25, -0.2) is 0 Å². The molecule has 28 heavy (non-hydrogen) atoms. The number of carbonyl (C=O) groups is 1. The smallest absolute Gasteiger partial charge is 0.238 e. The molecular formula is C22H30N2O4. The van der Waals surface area contributed by atoms with E-state index < -0.39 is 6.10 Å². The summed E-state index contributed by atoms with van der Waals surface area (Å²) in [6.07, 6.45) is 0.193. The van der Waals surface area contributed by atoms with Crippen molar-refractivity contribution in [2.24, 2.45) is 0 Å². The zero-order valence-corrected chi connectivity index (χ0v) is 16.9. The van der Waals surface area contributed by atoms with Crippen molar-refractivity contribution < 1.29 is 19.4 Å². The lowest BCUT2D eigenvalue weighted by Crippen LogP contribution is -2.40. The third-order valence-electron chi connectivity index (χ3n) is 4.28. The van der Waals surface area contributed by atoms with E-state index in [9.17, 15) is 9.90 Å². The van der Waals surface area contributed by atoms with Crippen LogP contribution < -0.4 is 14.8 Å². The van der Waals surface area contributed by atoms with Crippen LogP contribution in [0.3, 0.4) is 0 Å². The normalized spacial score (nSPS) is 11.9. The van der Waals surface area contributed by atoms with Crippen molar-refractivity contribution in [3.05, 3.63) is 54.1 Å². The van der Waals surface area contributed by atoms with E-state index in [0.29, 0.717) is 24.5 Å². The van der Waals surface area contributed by atoms with Crippen LogP contribution in [0.1, 0.15) is 18.9 Å². The van der Waals surface area contributed by atoms with Crippen molar-refractivity contribution in [3.8, 4) is 11.5 Å². The predicted molar refractivity (Wildman–Crippen MR) is 111 cm³/mol. The summed E-state index contributed by atoms with van der Waals surface area (Å²) in [5, 5.41) is 13.2. The number of aliphatic hydroxyl groups excluding tert-OH is 1. The summed E-state index contributed by atoms with van der Waals surface area (Å²) < 4.78 is 11.0. The number of nitrogens with zero attached hydrogens (tertiary/aromatic N) is 1. The molecule has 2 aromatic rings. The molecule has 0 aliphatic carbocycles. The lowest BCUT2D eigenvalue weighted by molar-refractivity contribution is -0.117. The molecule has 2 rings (SSSR count). The summed E-state index contributed by atoms with van der Waals surface area (Å²) in [4.78, 5) is 14.4. The number of aryl methyl sites for hydroxylation is 1. The lowest BCUT2D eigenvalue weighted by atomic mass is 10.2. The van der Waals surface area contributed by atoms with Crippen LogP contribution >= 0.6 is 0 Å². The monoisotopic (exact) mass is 386 g/mol. The Bertz CT molecular complexity index is 751. The molecule has 0 radical (unpaired) electrons. The van der Waals surface area contributed by atoms with E-state index in [2.05, 4.69) is 5.32 Å². The van der Waals surface area contributed by atoms with Crippen molar-refractivity contribution in [2.45, 2.75) is 26.4 Å². The number of aliphatic hydroxyl groups is 1. The highest BCUT2D eigenvalue weighted by atomic mass is 16.5. The summed E-state index contributed by atoms with van der Waals surface area (Å²) in [5.41, 5.74) is 1.66. The molecule has 0 heterocycles. The molecule has 6 heteroatoms. The van der Waals surface area contributed by atoms with E-state index in [1.165, 1.54) is 0 Å². The van der Waals surface area contributed by atoms with Gasteiger partial charge < -0.3 is 19.9 Å². The Hall–Kier alpha value is -2.57. The molecule has 2 N–H and O–H groups in total. The third-order valence-corrected chi connectivity index (χ3v) is 4.28. The quantitative estimate of drug-likeness (QED) is 0.621. The van der Waals surface area contributed by atoms with Gasteiger partial charge in [-0.1, -0.05) is 37.3 Å². The maximum Gasteiger partial charge on any atom is 0.238 e. The topological polar surface area (TPSA) is 71.0 Å². The highest BCUT2D eigenvalue weighted by molar-refractivity contribution is 5.93. The minimum atomic E-state index is -0.690. The van der Waals surface area contributed by atoms with Gasteiger partial charge in [0.05, 0.1) is 19.3 Å². The predicted octanol–water partition coefficient (Wildman–Crippen LogP) is 3.09. The number of carbonyl (C=O) groups excluding carboxylic acids is 1. The Morgan fingerprint density at radius 2 is 1.82 bits per heavy atom. The molecule has 0 spiro atoms. The largest absolute Gasteiger partial charge is 0.495 e. The first kappa shape index (κ1) is 21.7. The number of para-hydroxylation sites is 3. The zero-order valence-electron chi connectivity index (χ0n) is 16.9. The van der Waals surface area contributed by atoms with Crippen LogP contribution in [-0.4, -0.2) is 55.4 Å². The molecule has 0 aromatic heterocycles. The van der Waals surface area contributed by atoms with Gasteiger partial charge in [0.25, 0.3) is 0 Å². The fraction of sp³-hybridized carbons (Fsp3) is 0.409. The van der Waals surface area contributed by atoms with E-state index in [-0.39, 0.29) is 19.1 Å². The molecule has 1 unspecified atom stereocenters. The Balaban J connectivity index is 1.87. The number of ether oxygens (including phenoxy) is 2. The van der Waals surface area contributed by atoms with Gasteiger partial charge >= 0.3 is 0 Å². The molecule has 0 aliphatic heterocycles. The fourth-order valence-corrected chi connectivity index (χ4v) is 2.95. The summed E-state index contributed by atoms with van der Waals surface area (Å²) >= 11 is 0. The van der Waals surface area contributed by atoms with Crippen LogP contribution in [-0.2, 0) is 4.79 Å². The van der Waals surface area contributed by atoms with Crippen molar-refractivity contribution in [2.75, 3.05) is 38.7 Å². The zero-order chi connectivity index (χ0) is 20.4. The summed E-state index contributed by atoms with van der Waals surface area (Å²) in [6, 6.07) is 15.0. The van der Waals surface area contributed by atoms with Gasteiger partial charge in [0.1, 0.15) is 24.2 Å². The number of anilines is 1. The van der Waals surface area contributed by atoms with Crippen LogP contribution in [0.15, 0.2) is 48.5 Å². The van der Waals surface area contributed by atoms with Crippen LogP contribution in [0, 0.1) is 6.92 Å². The van der Waals surface area contributed by atoms with Crippen molar-refractivity contribution in [1.29, 1.82) is 0 Å². The molecule has 2 aromatic carbocycles. The van der Waals surface area contributed by atoms with Crippen molar-refractivity contribution in [1.82, 2.24) is 4.90 Å². The van der Waals surface area contributed by atoms with E-state index >= 15 is 0 Å². The number of amides is 1. The number of hydrogen-bond acceptors (Lipinski definition) is 5. The van der Waals surface area contributed by atoms with Gasteiger partial charge in [0, 0.05) is 6.54 Å². The SMILES string of the molecule is CCCN(CC(=O)Nc1ccccc1OC)CC(O)COc1ccccc1C. The van der Waals surface area contributed by atoms with Gasteiger partial charge in [-0.3, -0.25) is 9.69 Å². The van der Waals surface area contributed by atoms with Crippen LogP contribution in [0.4, 0.5) is 5.69 Å². The molecule has 152 valence electrons. The Morgan fingerprint density at radius 3 is 2.50 bits per heavy atom. The number of hydrogen-bond donors (Lipinski definition) is 2. The van der Waals surface area contributed by atoms with Crippen LogP contribution in [0.5, 0.6) is 11.5 Å². The number of benzene rings is 2. The first-order valence-electron chi connectivity index (χ1n) is 9.55. The first-order chi connectivity index (χ1) is 13.5. The average molecular weight is 386 g/mol. The second-order valence-electron chi connectivity index (χ2n) is 6.71. The second-order valence-corrected chi connectivity index (χ2v) is 6.71. The van der Waals surface area contributed by atoms with E-state index in [0.717, 1.165) is 17.7 Å². The highest BCUT2D eigenvalue weighted by Gasteiger charge is 2.16. The maximum atomic E-state index is 12.5. The molecule has 0 saturated carbocycles. The maximum absolute atomic E-state index is 12.5. The molecule has 1 atom stereocenters. The van der Waals surface area contributed by atoms with Crippen LogP contribution in [0.2, 0.25) is 0 Å². The number of methoxy groups -OCH3 is 1. The van der Waals surface area contributed by atoms with E-state index in [1.807, 2.05) is 55.1 Å². The van der Waals surface area contributed by atoms with Crippen LogP contribution in [0.25, 0.3) is 0 Å². The van der Waals surface area contributed by atoms with Crippen molar-refractivity contribution >= 4 is 11.6 Å². The molecule has 6 nitrogen and oxygen atoms in total. The third kappa shape index (κ3) is 6.87. The minimum absolute atomic E-state index is 0.148. The number of rotatable bonds is 11. The molecule has 0 bridgehead atoms. The molecule has 0 saturated heterocycles. The van der Waals surface area contributed by atoms with Gasteiger partial charge in [0.2, 0.25) is 5.91 Å². The molecule has 0 fully saturated rings. The summed E-state index contributed by atoms with van der Waals surface area (Å²) in [7, 11) is 1.57. The van der Waals surface area contributed by atoms with Gasteiger partial charge in [0.15, 0.2) is 0 Å².